The number of nitrogen functional groups attached to an aromatic ring is 1. The summed E-state index contributed by atoms with van der Waals surface area (Å²) in [6.45, 7) is 4.12. The summed E-state index contributed by atoms with van der Waals surface area (Å²) in [5, 5.41) is 3.31. The summed E-state index contributed by atoms with van der Waals surface area (Å²) in [5.74, 6) is 0. The molecule has 0 aliphatic carbocycles. The van der Waals surface area contributed by atoms with Gasteiger partial charge in [0.15, 0.2) is 9.84 Å². The molecule has 4 nitrogen and oxygen atoms in total. The summed E-state index contributed by atoms with van der Waals surface area (Å²) in [6, 6.07) is 9.06. The molecule has 1 aromatic carbocycles. The van der Waals surface area contributed by atoms with Gasteiger partial charge in [0.25, 0.3) is 0 Å². The van der Waals surface area contributed by atoms with Gasteiger partial charge in [-0.25, -0.2) is 8.42 Å². The molecule has 108 valence electrons. The number of rotatable bonds is 4. The highest BCUT2D eigenvalue weighted by Crippen LogP contribution is 2.29. The summed E-state index contributed by atoms with van der Waals surface area (Å²) in [7, 11) is -3.23. The Bertz CT molecular complexity index is 721. The van der Waals surface area contributed by atoms with Crippen molar-refractivity contribution >= 4 is 32.5 Å². The number of anilines is 2. The Morgan fingerprint density at radius 1 is 1.25 bits per heavy atom. The maximum Gasteiger partial charge on any atom is 0.175 e. The summed E-state index contributed by atoms with van der Waals surface area (Å²) >= 11 is 1.73. The minimum Gasteiger partial charge on any atom is -0.397 e. The molecule has 1 unspecified atom stereocenters. The van der Waals surface area contributed by atoms with E-state index in [4.69, 9.17) is 5.73 Å². The average molecular weight is 310 g/mol. The molecule has 0 saturated heterocycles. The lowest BCUT2D eigenvalue weighted by atomic mass is 10.2. The van der Waals surface area contributed by atoms with Crippen LogP contribution in [0.15, 0.2) is 35.2 Å². The minimum absolute atomic E-state index is 0.125. The number of benzene rings is 1. The first-order chi connectivity index (χ1) is 9.27. The zero-order chi connectivity index (χ0) is 14.9. The molecule has 0 radical (unpaired) electrons. The highest BCUT2D eigenvalue weighted by molar-refractivity contribution is 7.90. The summed E-state index contributed by atoms with van der Waals surface area (Å²) < 4.78 is 22.9. The van der Waals surface area contributed by atoms with Crippen molar-refractivity contribution in [2.24, 2.45) is 0 Å². The Morgan fingerprint density at radius 3 is 2.45 bits per heavy atom. The van der Waals surface area contributed by atoms with Crippen molar-refractivity contribution in [2.45, 2.75) is 24.8 Å². The van der Waals surface area contributed by atoms with E-state index in [1.165, 1.54) is 22.1 Å². The van der Waals surface area contributed by atoms with Gasteiger partial charge in [0.05, 0.1) is 22.3 Å². The molecule has 1 atom stereocenters. The zero-order valence-electron chi connectivity index (χ0n) is 11.7. The Labute approximate surface area is 123 Å². The van der Waals surface area contributed by atoms with Gasteiger partial charge in [-0.1, -0.05) is 0 Å². The lowest BCUT2D eigenvalue weighted by molar-refractivity contribution is 0.602. The number of sulfone groups is 1. The standard InChI is InChI=1S/C14H18N2O2S2/c1-9-4-7-14(19-9)10(2)16-13-6-5-11(8-12(13)15)20(3,17)18/h4-8,10,16H,15H2,1-3H3. The third-order valence-electron chi connectivity index (χ3n) is 3.01. The van der Waals surface area contributed by atoms with Crippen LogP contribution in [0.4, 0.5) is 11.4 Å². The Balaban J connectivity index is 2.22. The van der Waals surface area contributed by atoms with Crippen LogP contribution in [0.25, 0.3) is 0 Å². The van der Waals surface area contributed by atoms with Crippen LogP contribution in [-0.4, -0.2) is 14.7 Å². The van der Waals surface area contributed by atoms with Gasteiger partial charge in [-0.3, -0.25) is 0 Å². The van der Waals surface area contributed by atoms with Gasteiger partial charge in [-0.15, -0.1) is 11.3 Å². The minimum atomic E-state index is -3.23. The third-order valence-corrected chi connectivity index (χ3v) is 5.30. The molecule has 0 fully saturated rings. The zero-order valence-corrected chi connectivity index (χ0v) is 13.3. The molecule has 3 N–H and O–H groups in total. The second kappa shape index (κ2) is 5.46. The van der Waals surface area contributed by atoms with Crippen molar-refractivity contribution in [3.8, 4) is 0 Å². The molecule has 0 aliphatic heterocycles. The monoisotopic (exact) mass is 310 g/mol. The largest absolute Gasteiger partial charge is 0.397 e. The number of hydrogen-bond acceptors (Lipinski definition) is 5. The molecule has 6 heteroatoms. The topological polar surface area (TPSA) is 72.2 Å². The molecule has 0 amide bonds. The van der Waals surface area contributed by atoms with E-state index < -0.39 is 9.84 Å². The molecular formula is C14H18N2O2S2. The van der Waals surface area contributed by atoms with E-state index in [0.717, 1.165) is 5.69 Å². The van der Waals surface area contributed by atoms with Crippen molar-refractivity contribution < 1.29 is 8.42 Å². The van der Waals surface area contributed by atoms with Crippen molar-refractivity contribution in [3.05, 3.63) is 40.1 Å². The molecule has 2 rings (SSSR count). The van der Waals surface area contributed by atoms with Crippen LogP contribution in [0.3, 0.4) is 0 Å². The van der Waals surface area contributed by atoms with Crippen LogP contribution in [0.2, 0.25) is 0 Å². The second-order valence-corrected chi connectivity index (χ2v) is 8.17. The number of nitrogens with two attached hydrogens (primary N) is 1. The van der Waals surface area contributed by atoms with Gasteiger partial charge in [-0.05, 0) is 44.2 Å². The highest BCUT2D eigenvalue weighted by atomic mass is 32.2. The first-order valence-corrected chi connectivity index (χ1v) is 8.90. The van der Waals surface area contributed by atoms with Crippen molar-refractivity contribution in [1.82, 2.24) is 0 Å². The maximum absolute atomic E-state index is 11.5. The predicted molar refractivity (Wildman–Crippen MR) is 85.1 cm³/mol. The first-order valence-electron chi connectivity index (χ1n) is 6.20. The van der Waals surface area contributed by atoms with E-state index in [1.807, 2.05) is 0 Å². The fourth-order valence-corrected chi connectivity index (χ4v) is 3.43. The van der Waals surface area contributed by atoms with Gasteiger partial charge in [0, 0.05) is 16.0 Å². The van der Waals surface area contributed by atoms with Crippen LogP contribution in [0.1, 0.15) is 22.7 Å². The van der Waals surface area contributed by atoms with E-state index >= 15 is 0 Å². The van der Waals surface area contributed by atoms with Crippen LogP contribution in [0.5, 0.6) is 0 Å². The quantitative estimate of drug-likeness (QED) is 0.851. The number of thiophene rings is 1. The normalized spacial score (nSPS) is 13.2. The van der Waals surface area contributed by atoms with Crippen molar-refractivity contribution in [1.29, 1.82) is 0 Å². The predicted octanol–water partition coefficient (Wildman–Crippen LogP) is 3.22. The van der Waals surface area contributed by atoms with Gasteiger partial charge < -0.3 is 11.1 Å². The summed E-state index contributed by atoms with van der Waals surface area (Å²) in [5.41, 5.74) is 7.11. The Kier molecular flexibility index (Phi) is 4.06. The molecule has 20 heavy (non-hydrogen) atoms. The van der Waals surface area contributed by atoms with Gasteiger partial charge in [0.1, 0.15) is 0 Å². The third kappa shape index (κ3) is 3.32. The Morgan fingerprint density at radius 2 is 1.95 bits per heavy atom. The van der Waals surface area contributed by atoms with Gasteiger partial charge >= 0.3 is 0 Å². The van der Waals surface area contributed by atoms with Gasteiger partial charge in [0.2, 0.25) is 0 Å². The van der Waals surface area contributed by atoms with Crippen LogP contribution < -0.4 is 11.1 Å². The van der Waals surface area contributed by atoms with Crippen LogP contribution >= 0.6 is 11.3 Å². The smallest absolute Gasteiger partial charge is 0.175 e. The van der Waals surface area contributed by atoms with E-state index in [1.54, 1.807) is 23.5 Å². The van der Waals surface area contributed by atoms with Crippen LogP contribution in [0, 0.1) is 6.92 Å². The highest BCUT2D eigenvalue weighted by Gasteiger charge is 2.12. The lowest BCUT2D eigenvalue weighted by Gasteiger charge is -2.16. The molecule has 0 saturated carbocycles. The van der Waals surface area contributed by atoms with E-state index in [2.05, 4.69) is 31.3 Å². The van der Waals surface area contributed by atoms with Crippen molar-refractivity contribution in [2.75, 3.05) is 17.3 Å². The number of hydrogen-bond donors (Lipinski definition) is 2. The van der Waals surface area contributed by atoms with E-state index in [-0.39, 0.29) is 10.9 Å². The number of nitrogens with one attached hydrogen (secondary N) is 1. The molecule has 0 spiro atoms. The van der Waals surface area contributed by atoms with E-state index in [0.29, 0.717) is 5.69 Å². The SMILES string of the molecule is Cc1ccc(C(C)Nc2ccc(S(C)(=O)=O)cc2N)s1. The summed E-state index contributed by atoms with van der Waals surface area (Å²) in [4.78, 5) is 2.71. The molecule has 0 bridgehead atoms. The molecular weight excluding hydrogens is 292 g/mol. The first kappa shape index (κ1) is 14.9. The number of aryl methyl sites for hydroxylation is 1. The van der Waals surface area contributed by atoms with Crippen LogP contribution in [-0.2, 0) is 9.84 Å². The fourth-order valence-electron chi connectivity index (χ4n) is 1.89. The summed E-state index contributed by atoms with van der Waals surface area (Å²) in [6.07, 6.45) is 1.17. The maximum atomic E-state index is 11.5. The lowest BCUT2D eigenvalue weighted by Crippen LogP contribution is -2.08. The molecule has 2 aromatic rings. The van der Waals surface area contributed by atoms with Crippen molar-refractivity contribution in [3.63, 3.8) is 0 Å². The fraction of sp³-hybridized carbons (Fsp3) is 0.286. The molecule has 0 aliphatic rings. The molecule has 1 aromatic heterocycles. The molecule has 1 heterocycles. The Hall–Kier alpha value is -1.53. The average Bonchev–Trinajstić information content (AvgIpc) is 2.77. The van der Waals surface area contributed by atoms with E-state index in [9.17, 15) is 8.42 Å². The second-order valence-electron chi connectivity index (χ2n) is 4.84. The van der Waals surface area contributed by atoms with Gasteiger partial charge in [-0.2, -0.15) is 0 Å².